The Morgan fingerprint density at radius 2 is 2.14 bits per heavy atom. The van der Waals surface area contributed by atoms with Gasteiger partial charge in [-0.25, -0.2) is 15.0 Å². The van der Waals surface area contributed by atoms with Gasteiger partial charge < -0.3 is 24.8 Å². The fourth-order valence-electron chi connectivity index (χ4n) is 2.65. The molecule has 2 aromatic rings. The number of nitrogen functional groups attached to an aromatic ring is 1. The number of aryl methyl sites for hydroxylation is 1. The first kappa shape index (κ1) is 15.4. The average Bonchev–Trinajstić information content (AvgIpc) is 2.81. The molecule has 1 aliphatic carbocycles. The first-order valence-electron chi connectivity index (χ1n) is 6.98. The summed E-state index contributed by atoms with van der Waals surface area (Å²) in [5.74, 6) is 0.333. The standard InChI is InChI=1S/C12H18N5O4P/c13-10-9-11(15-6-14-10)17(7-16-9)5-4-12(2-1-3-12)21-8-22(18,19)20/h6-7H,1-5,8H2,(H2,13,14,15)(H2,18,19,20). The zero-order chi connectivity index (χ0) is 15.8. The smallest absolute Gasteiger partial charge is 0.351 e. The second kappa shape index (κ2) is 5.58. The Balaban J connectivity index is 1.70. The molecule has 0 bridgehead atoms. The number of anilines is 1. The lowest BCUT2D eigenvalue weighted by atomic mass is 9.77. The summed E-state index contributed by atoms with van der Waals surface area (Å²) in [4.78, 5) is 30.2. The Labute approximate surface area is 126 Å². The van der Waals surface area contributed by atoms with Gasteiger partial charge in [0, 0.05) is 6.54 Å². The van der Waals surface area contributed by atoms with Gasteiger partial charge in [0.25, 0.3) is 0 Å². The second-order valence-electron chi connectivity index (χ2n) is 5.59. The van der Waals surface area contributed by atoms with E-state index in [2.05, 4.69) is 15.0 Å². The van der Waals surface area contributed by atoms with Crippen molar-refractivity contribution in [1.82, 2.24) is 19.5 Å². The number of nitrogens with two attached hydrogens (primary N) is 1. The van der Waals surface area contributed by atoms with Crippen LogP contribution >= 0.6 is 7.60 Å². The summed E-state index contributed by atoms with van der Waals surface area (Å²) in [6.07, 6.45) is 5.74. The van der Waals surface area contributed by atoms with Gasteiger partial charge in [0.15, 0.2) is 11.5 Å². The predicted octanol–water partition coefficient (Wildman–Crippen LogP) is 0.873. The molecule has 2 aromatic heterocycles. The van der Waals surface area contributed by atoms with Crippen LogP contribution in [0.4, 0.5) is 5.82 Å². The van der Waals surface area contributed by atoms with Crippen molar-refractivity contribution in [1.29, 1.82) is 0 Å². The van der Waals surface area contributed by atoms with E-state index in [0.29, 0.717) is 29.9 Å². The van der Waals surface area contributed by atoms with E-state index in [-0.39, 0.29) is 0 Å². The number of fused-ring (bicyclic) bond motifs is 1. The zero-order valence-corrected chi connectivity index (χ0v) is 12.8. The fourth-order valence-corrected chi connectivity index (χ4v) is 3.09. The van der Waals surface area contributed by atoms with E-state index < -0.39 is 19.5 Å². The molecule has 0 unspecified atom stereocenters. The molecular formula is C12H18N5O4P. The van der Waals surface area contributed by atoms with Crippen LogP contribution in [0.15, 0.2) is 12.7 Å². The average molecular weight is 327 g/mol. The minimum atomic E-state index is -4.15. The van der Waals surface area contributed by atoms with Crippen molar-refractivity contribution in [3.05, 3.63) is 12.7 Å². The normalized spacial score (nSPS) is 17.5. The molecule has 1 saturated carbocycles. The van der Waals surface area contributed by atoms with E-state index in [1.165, 1.54) is 6.33 Å². The minimum Gasteiger partial charge on any atom is -0.382 e. The largest absolute Gasteiger partial charge is 0.382 e. The molecule has 22 heavy (non-hydrogen) atoms. The van der Waals surface area contributed by atoms with Gasteiger partial charge in [0.05, 0.1) is 11.9 Å². The summed E-state index contributed by atoms with van der Waals surface area (Å²) in [5.41, 5.74) is 6.49. The van der Waals surface area contributed by atoms with E-state index >= 15 is 0 Å². The van der Waals surface area contributed by atoms with Crippen molar-refractivity contribution in [3.63, 3.8) is 0 Å². The maximum atomic E-state index is 11.0. The zero-order valence-electron chi connectivity index (χ0n) is 11.9. The molecule has 0 atom stereocenters. The van der Waals surface area contributed by atoms with Crippen molar-refractivity contribution in [2.75, 3.05) is 12.1 Å². The van der Waals surface area contributed by atoms with Gasteiger partial charge in [-0.05, 0) is 25.7 Å². The topological polar surface area (TPSA) is 136 Å². The number of imidazole rings is 1. The van der Waals surface area contributed by atoms with Gasteiger partial charge >= 0.3 is 7.60 Å². The number of nitrogens with zero attached hydrogens (tertiary/aromatic N) is 4. The van der Waals surface area contributed by atoms with E-state index in [1.54, 1.807) is 6.33 Å². The monoisotopic (exact) mass is 327 g/mol. The summed E-state index contributed by atoms with van der Waals surface area (Å²) in [5, 5.41) is 0. The van der Waals surface area contributed by atoms with Crippen LogP contribution in [-0.4, -0.2) is 41.3 Å². The summed E-state index contributed by atoms with van der Waals surface area (Å²) < 4.78 is 18.4. The van der Waals surface area contributed by atoms with Crippen LogP contribution in [0.1, 0.15) is 25.7 Å². The number of hydrogen-bond acceptors (Lipinski definition) is 6. The molecular weight excluding hydrogens is 309 g/mol. The lowest BCUT2D eigenvalue weighted by Crippen LogP contribution is -2.41. The first-order chi connectivity index (χ1) is 10.4. The molecule has 1 fully saturated rings. The van der Waals surface area contributed by atoms with Crippen LogP contribution < -0.4 is 5.73 Å². The number of hydrogen-bond donors (Lipinski definition) is 3. The van der Waals surface area contributed by atoms with E-state index in [0.717, 1.165) is 19.3 Å². The molecule has 4 N–H and O–H groups in total. The molecule has 0 aromatic carbocycles. The SMILES string of the molecule is Nc1ncnc2c1ncn2CCC1(OCP(=O)(O)O)CCC1. The molecule has 1 aliphatic rings. The molecule has 0 radical (unpaired) electrons. The lowest BCUT2D eigenvalue weighted by molar-refractivity contribution is -0.0929. The maximum absolute atomic E-state index is 11.0. The van der Waals surface area contributed by atoms with Gasteiger partial charge in [-0.2, -0.15) is 0 Å². The van der Waals surface area contributed by atoms with Crippen LogP contribution in [0.25, 0.3) is 11.2 Å². The Morgan fingerprint density at radius 1 is 1.36 bits per heavy atom. The first-order valence-corrected chi connectivity index (χ1v) is 8.78. The van der Waals surface area contributed by atoms with E-state index in [4.69, 9.17) is 20.3 Å². The summed E-state index contributed by atoms with van der Waals surface area (Å²) in [6.45, 7) is 0.591. The van der Waals surface area contributed by atoms with Gasteiger partial charge in [0.2, 0.25) is 0 Å². The van der Waals surface area contributed by atoms with Crippen molar-refractivity contribution >= 4 is 24.6 Å². The Kier molecular flexibility index (Phi) is 3.90. The number of aromatic nitrogens is 4. The molecule has 120 valence electrons. The quantitative estimate of drug-likeness (QED) is 0.665. The van der Waals surface area contributed by atoms with Gasteiger partial charge in [-0.3, -0.25) is 4.57 Å². The number of ether oxygens (including phenoxy) is 1. The predicted molar refractivity (Wildman–Crippen MR) is 78.9 cm³/mol. The van der Waals surface area contributed by atoms with Crippen molar-refractivity contribution in [2.45, 2.75) is 37.8 Å². The second-order valence-corrected chi connectivity index (χ2v) is 7.18. The highest BCUT2D eigenvalue weighted by molar-refractivity contribution is 7.51. The van der Waals surface area contributed by atoms with Gasteiger partial charge in [-0.15, -0.1) is 0 Å². The summed E-state index contributed by atoms with van der Waals surface area (Å²) >= 11 is 0. The van der Waals surface area contributed by atoms with E-state index in [1.807, 2.05) is 4.57 Å². The Hall–Kier alpha value is -1.54. The Morgan fingerprint density at radius 3 is 2.77 bits per heavy atom. The fraction of sp³-hybridized carbons (Fsp3) is 0.583. The number of rotatable bonds is 6. The van der Waals surface area contributed by atoms with Crippen LogP contribution in [0.3, 0.4) is 0 Å². The van der Waals surface area contributed by atoms with Crippen molar-refractivity contribution < 1.29 is 19.1 Å². The van der Waals surface area contributed by atoms with Crippen molar-refractivity contribution in [3.8, 4) is 0 Å². The molecule has 0 amide bonds. The van der Waals surface area contributed by atoms with Crippen LogP contribution in [0, 0.1) is 0 Å². The van der Waals surface area contributed by atoms with Gasteiger partial charge in [-0.1, -0.05) is 0 Å². The third-order valence-corrected chi connectivity index (χ3v) is 4.51. The van der Waals surface area contributed by atoms with Crippen molar-refractivity contribution in [2.24, 2.45) is 0 Å². The highest BCUT2D eigenvalue weighted by atomic mass is 31.2. The lowest BCUT2D eigenvalue weighted by Gasteiger charge is -2.41. The Bertz CT molecular complexity index is 723. The molecule has 3 rings (SSSR count). The molecule has 9 nitrogen and oxygen atoms in total. The summed E-state index contributed by atoms with van der Waals surface area (Å²) in [6, 6.07) is 0. The maximum Gasteiger partial charge on any atom is 0.351 e. The van der Waals surface area contributed by atoms with Crippen LogP contribution in [-0.2, 0) is 15.8 Å². The highest BCUT2D eigenvalue weighted by Crippen LogP contribution is 2.44. The molecule has 2 heterocycles. The third-order valence-electron chi connectivity index (χ3n) is 4.04. The minimum absolute atomic E-state index is 0.333. The third kappa shape index (κ3) is 3.12. The van der Waals surface area contributed by atoms with E-state index in [9.17, 15) is 4.57 Å². The summed E-state index contributed by atoms with van der Waals surface area (Å²) in [7, 11) is -4.15. The van der Waals surface area contributed by atoms with Crippen LogP contribution in [0.5, 0.6) is 0 Å². The molecule has 0 aliphatic heterocycles. The molecule has 0 saturated heterocycles. The molecule has 10 heteroatoms. The van der Waals surface area contributed by atoms with Gasteiger partial charge in [0.1, 0.15) is 18.2 Å². The molecule has 0 spiro atoms. The van der Waals surface area contributed by atoms with Crippen LogP contribution in [0.2, 0.25) is 0 Å². The highest BCUT2D eigenvalue weighted by Gasteiger charge is 2.39.